The molecule has 4 rings (SSSR count). The molecular formula is C18H21N3O3. The largest absolute Gasteiger partial charge is 0.477 e. The number of carbonyl (C=O) groups is 1. The molecule has 1 aromatic heterocycles. The van der Waals surface area contributed by atoms with Gasteiger partial charge in [-0.25, -0.2) is 4.79 Å². The smallest absolute Gasteiger partial charge is 0.341 e. The monoisotopic (exact) mass is 327 g/mol. The number of nitrogens with zero attached hydrogens (tertiary/aromatic N) is 2. The Bertz CT molecular complexity index is 898. The number of benzene rings is 1. The quantitative estimate of drug-likeness (QED) is 0.898. The van der Waals surface area contributed by atoms with Gasteiger partial charge >= 0.3 is 5.97 Å². The summed E-state index contributed by atoms with van der Waals surface area (Å²) in [5.74, 6) is -1.16. The van der Waals surface area contributed by atoms with E-state index in [4.69, 9.17) is 5.73 Å². The standard InChI is InChI=1S/C18H21N3O3/c1-10-15(20-7-6-11(19)8-20)5-4-13-16(10)21(12-2-3-12)9-14(17(13)22)18(23)24/h4-5,9,11-12H,2-3,6-8,19H2,1H3,(H,23,24)/t11-/m1/s1. The number of aromatic carboxylic acids is 1. The van der Waals surface area contributed by atoms with Crippen molar-refractivity contribution in [1.82, 2.24) is 4.57 Å². The second-order valence-electron chi connectivity index (χ2n) is 6.92. The molecule has 24 heavy (non-hydrogen) atoms. The lowest BCUT2D eigenvalue weighted by Gasteiger charge is -2.23. The summed E-state index contributed by atoms with van der Waals surface area (Å²) in [7, 11) is 0. The van der Waals surface area contributed by atoms with Crippen molar-refractivity contribution in [3.8, 4) is 0 Å². The van der Waals surface area contributed by atoms with Gasteiger partial charge in [0.1, 0.15) is 5.56 Å². The highest BCUT2D eigenvalue weighted by Crippen LogP contribution is 2.39. The van der Waals surface area contributed by atoms with Crippen molar-refractivity contribution in [1.29, 1.82) is 0 Å². The Kier molecular flexibility index (Phi) is 3.38. The first-order valence-corrected chi connectivity index (χ1v) is 8.39. The van der Waals surface area contributed by atoms with Gasteiger partial charge in [-0.15, -0.1) is 0 Å². The number of fused-ring (bicyclic) bond motifs is 1. The fraction of sp³-hybridized carbons (Fsp3) is 0.444. The predicted molar refractivity (Wildman–Crippen MR) is 93.0 cm³/mol. The van der Waals surface area contributed by atoms with Crippen LogP contribution < -0.4 is 16.1 Å². The van der Waals surface area contributed by atoms with Crippen molar-refractivity contribution < 1.29 is 9.90 Å². The molecule has 1 atom stereocenters. The van der Waals surface area contributed by atoms with Crippen LogP contribution in [0.4, 0.5) is 5.69 Å². The average Bonchev–Trinajstić information content (AvgIpc) is 3.29. The van der Waals surface area contributed by atoms with Crippen molar-refractivity contribution >= 4 is 22.6 Å². The number of pyridine rings is 1. The number of anilines is 1. The van der Waals surface area contributed by atoms with E-state index in [1.165, 1.54) is 6.20 Å². The number of hydrogen-bond donors (Lipinski definition) is 2. The van der Waals surface area contributed by atoms with Crippen LogP contribution in [0.5, 0.6) is 0 Å². The molecule has 1 aliphatic carbocycles. The van der Waals surface area contributed by atoms with Crippen molar-refractivity contribution in [3.63, 3.8) is 0 Å². The van der Waals surface area contributed by atoms with Crippen LogP contribution in [0.25, 0.3) is 10.9 Å². The Morgan fingerprint density at radius 1 is 1.29 bits per heavy atom. The van der Waals surface area contributed by atoms with E-state index in [2.05, 4.69) is 4.90 Å². The maximum absolute atomic E-state index is 12.6. The summed E-state index contributed by atoms with van der Waals surface area (Å²) >= 11 is 0. The predicted octanol–water partition coefficient (Wildman–Crippen LogP) is 1.88. The Balaban J connectivity index is 1.97. The summed E-state index contributed by atoms with van der Waals surface area (Å²) in [6.45, 7) is 3.74. The van der Waals surface area contributed by atoms with Gasteiger partial charge in [0.05, 0.1) is 5.52 Å². The first kappa shape index (κ1) is 15.2. The molecule has 0 unspecified atom stereocenters. The lowest BCUT2D eigenvalue weighted by Crippen LogP contribution is -2.27. The van der Waals surface area contributed by atoms with Gasteiger partial charge < -0.3 is 20.3 Å². The molecule has 3 N–H and O–H groups in total. The van der Waals surface area contributed by atoms with Crippen LogP contribution in [-0.4, -0.2) is 34.8 Å². The molecular weight excluding hydrogens is 306 g/mol. The molecule has 1 aliphatic heterocycles. The number of carboxylic acids is 1. The Morgan fingerprint density at radius 3 is 2.62 bits per heavy atom. The number of nitrogens with two attached hydrogens (primary N) is 1. The summed E-state index contributed by atoms with van der Waals surface area (Å²) in [6.07, 6.45) is 4.53. The van der Waals surface area contributed by atoms with E-state index in [0.29, 0.717) is 11.4 Å². The minimum Gasteiger partial charge on any atom is -0.477 e. The summed E-state index contributed by atoms with van der Waals surface area (Å²) < 4.78 is 2.00. The summed E-state index contributed by atoms with van der Waals surface area (Å²) in [5.41, 5.74) is 8.47. The van der Waals surface area contributed by atoms with Gasteiger partial charge in [0.15, 0.2) is 0 Å². The summed E-state index contributed by atoms with van der Waals surface area (Å²) in [5, 5.41) is 9.83. The van der Waals surface area contributed by atoms with Gasteiger partial charge in [0, 0.05) is 42.4 Å². The molecule has 1 saturated carbocycles. The average molecular weight is 327 g/mol. The minimum absolute atomic E-state index is 0.148. The molecule has 2 aliphatic rings. The van der Waals surface area contributed by atoms with E-state index >= 15 is 0 Å². The number of aromatic nitrogens is 1. The summed E-state index contributed by atoms with van der Waals surface area (Å²) in [6, 6.07) is 4.18. The van der Waals surface area contributed by atoms with Crippen LogP contribution >= 0.6 is 0 Å². The van der Waals surface area contributed by atoms with Crippen molar-refractivity contribution in [2.24, 2.45) is 5.73 Å². The van der Waals surface area contributed by atoms with E-state index < -0.39 is 11.4 Å². The number of carboxylic acid groups (broad SMARTS) is 1. The van der Waals surface area contributed by atoms with Crippen LogP contribution in [0.2, 0.25) is 0 Å². The molecule has 0 amide bonds. The second-order valence-corrected chi connectivity index (χ2v) is 6.92. The zero-order valence-electron chi connectivity index (χ0n) is 13.7. The van der Waals surface area contributed by atoms with Crippen LogP contribution in [0.1, 0.15) is 41.2 Å². The summed E-state index contributed by atoms with van der Waals surface area (Å²) in [4.78, 5) is 26.3. The maximum atomic E-state index is 12.6. The number of rotatable bonds is 3. The molecule has 126 valence electrons. The van der Waals surface area contributed by atoms with Crippen LogP contribution in [0.15, 0.2) is 23.1 Å². The Morgan fingerprint density at radius 2 is 2.04 bits per heavy atom. The van der Waals surface area contributed by atoms with Gasteiger partial charge in [-0.2, -0.15) is 0 Å². The SMILES string of the molecule is Cc1c(N2CC[C@@H](N)C2)ccc2c(=O)c(C(=O)O)cn(C3CC3)c12. The molecule has 0 radical (unpaired) electrons. The molecule has 6 heteroatoms. The van der Waals surface area contributed by atoms with Crippen LogP contribution in [0, 0.1) is 6.92 Å². The molecule has 0 bridgehead atoms. The molecule has 1 aromatic carbocycles. The van der Waals surface area contributed by atoms with Crippen LogP contribution in [0.3, 0.4) is 0 Å². The first-order chi connectivity index (χ1) is 11.5. The normalized spacial score (nSPS) is 20.8. The Hall–Kier alpha value is -2.34. The number of aryl methyl sites for hydroxylation is 1. The fourth-order valence-corrected chi connectivity index (χ4v) is 3.75. The lowest BCUT2D eigenvalue weighted by atomic mass is 10.0. The highest BCUT2D eigenvalue weighted by molar-refractivity contribution is 5.95. The van der Waals surface area contributed by atoms with Crippen molar-refractivity contribution in [3.05, 3.63) is 39.7 Å². The molecule has 0 spiro atoms. The van der Waals surface area contributed by atoms with Gasteiger partial charge in [0.2, 0.25) is 5.43 Å². The third-order valence-corrected chi connectivity index (χ3v) is 5.15. The molecule has 1 saturated heterocycles. The highest BCUT2D eigenvalue weighted by Gasteiger charge is 2.29. The third kappa shape index (κ3) is 2.29. The van der Waals surface area contributed by atoms with E-state index in [9.17, 15) is 14.7 Å². The first-order valence-electron chi connectivity index (χ1n) is 8.39. The zero-order chi connectivity index (χ0) is 17.0. The van der Waals surface area contributed by atoms with E-state index in [1.54, 1.807) is 6.07 Å². The third-order valence-electron chi connectivity index (χ3n) is 5.15. The molecule has 2 aromatic rings. The van der Waals surface area contributed by atoms with Crippen molar-refractivity contribution in [2.45, 2.75) is 38.3 Å². The van der Waals surface area contributed by atoms with Crippen LogP contribution in [-0.2, 0) is 0 Å². The molecule has 2 heterocycles. The van der Waals surface area contributed by atoms with Gasteiger partial charge in [-0.05, 0) is 43.9 Å². The van der Waals surface area contributed by atoms with Crippen molar-refractivity contribution in [2.75, 3.05) is 18.0 Å². The van der Waals surface area contributed by atoms with E-state index in [-0.39, 0.29) is 11.6 Å². The maximum Gasteiger partial charge on any atom is 0.341 e. The zero-order valence-corrected chi connectivity index (χ0v) is 13.7. The van der Waals surface area contributed by atoms with Gasteiger partial charge in [-0.3, -0.25) is 4.79 Å². The number of hydrogen-bond acceptors (Lipinski definition) is 4. The second kappa shape index (κ2) is 5.34. The fourth-order valence-electron chi connectivity index (χ4n) is 3.75. The lowest BCUT2D eigenvalue weighted by molar-refractivity contribution is 0.0695. The van der Waals surface area contributed by atoms with E-state index in [1.807, 2.05) is 17.6 Å². The molecule has 6 nitrogen and oxygen atoms in total. The highest BCUT2D eigenvalue weighted by atomic mass is 16.4. The molecule has 2 fully saturated rings. The van der Waals surface area contributed by atoms with Gasteiger partial charge in [0.25, 0.3) is 0 Å². The topological polar surface area (TPSA) is 88.6 Å². The Labute approximate surface area is 139 Å². The minimum atomic E-state index is -1.16. The van der Waals surface area contributed by atoms with E-state index in [0.717, 1.165) is 49.1 Å². The van der Waals surface area contributed by atoms with Gasteiger partial charge in [-0.1, -0.05) is 0 Å².